The summed E-state index contributed by atoms with van der Waals surface area (Å²) in [5.74, 6) is 0.496. The monoisotopic (exact) mass is 315 g/mol. The first-order valence-electron chi connectivity index (χ1n) is 8.32. The van der Waals surface area contributed by atoms with Crippen LogP contribution in [0, 0.1) is 5.92 Å². The fourth-order valence-electron chi connectivity index (χ4n) is 1.00. The van der Waals surface area contributed by atoms with Gasteiger partial charge in [-0.15, -0.1) is 0 Å². The minimum Gasteiger partial charge on any atom is -0.396 e. The Morgan fingerprint density at radius 3 is 1.91 bits per heavy atom. The zero-order valence-electron chi connectivity index (χ0n) is 15.8. The number of nitrogens with one attached hydrogen (secondary N) is 1. The first-order chi connectivity index (χ1) is 10.2. The lowest BCUT2D eigenvalue weighted by atomic mass is 10.0. The number of rotatable bonds is 7. The number of amides is 1. The molecule has 0 aliphatic heterocycles. The van der Waals surface area contributed by atoms with Gasteiger partial charge in [-0.25, -0.2) is 0 Å². The van der Waals surface area contributed by atoms with Crippen LogP contribution in [0.2, 0.25) is 0 Å². The largest absolute Gasteiger partial charge is 0.396 e. The van der Waals surface area contributed by atoms with E-state index in [1.807, 2.05) is 27.7 Å². The van der Waals surface area contributed by atoms with Crippen LogP contribution < -0.4 is 5.32 Å². The van der Waals surface area contributed by atoms with Crippen LogP contribution in [0.1, 0.15) is 74.7 Å². The van der Waals surface area contributed by atoms with E-state index in [0.29, 0.717) is 12.8 Å². The Morgan fingerprint density at radius 2 is 1.59 bits per heavy atom. The molecule has 0 saturated heterocycles. The zero-order chi connectivity index (χ0) is 18.2. The lowest BCUT2D eigenvalue weighted by Crippen LogP contribution is -2.43. The Hall–Kier alpha value is -1.16. The van der Waals surface area contributed by atoms with Crippen molar-refractivity contribution in [3.63, 3.8) is 0 Å². The van der Waals surface area contributed by atoms with Crippen LogP contribution in [0.3, 0.4) is 0 Å². The molecule has 0 rings (SSSR count). The van der Waals surface area contributed by atoms with E-state index in [4.69, 9.17) is 5.11 Å². The van der Waals surface area contributed by atoms with Crippen molar-refractivity contribution in [3.8, 4) is 0 Å². The summed E-state index contributed by atoms with van der Waals surface area (Å²) in [4.78, 5) is 22.2. The Balaban J connectivity index is -0.000000434. The molecule has 0 aliphatic rings. The normalized spacial score (nSPS) is 10.5. The number of carbonyl (C=O) groups is 2. The predicted molar refractivity (Wildman–Crippen MR) is 94.8 cm³/mol. The van der Waals surface area contributed by atoms with E-state index >= 15 is 0 Å². The van der Waals surface area contributed by atoms with Gasteiger partial charge in [0.05, 0.1) is 0 Å². The van der Waals surface area contributed by atoms with Crippen molar-refractivity contribution in [2.75, 3.05) is 6.61 Å². The highest BCUT2D eigenvalue weighted by Crippen LogP contribution is 2.06. The smallest absolute Gasteiger partial charge is 0.244 e. The molecule has 0 saturated carbocycles. The number of ketones is 1. The SMILES string of the molecule is CC.CCC(=O)/C=C\C(=O)NC(C)(C)CCO.CCC(C)C. The fraction of sp³-hybridized carbons (Fsp3) is 0.778. The lowest BCUT2D eigenvalue weighted by Gasteiger charge is -2.24. The maximum absolute atomic E-state index is 11.3. The number of allylic oxidation sites excluding steroid dienone is 1. The van der Waals surface area contributed by atoms with Gasteiger partial charge >= 0.3 is 0 Å². The molecule has 0 aromatic rings. The van der Waals surface area contributed by atoms with Crippen LogP contribution in [0.4, 0.5) is 0 Å². The summed E-state index contributed by atoms with van der Waals surface area (Å²) in [5, 5.41) is 11.4. The van der Waals surface area contributed by atoms with Gasteiger partial charge in [0, 0.05) is 24.6 Å². The van der Waals surface area contributed by atoms with Crippen molar-refractivity contribution in [2.24, 2.45) is 5.92 Å². The standard InChI is InChI=1S/C11H19NO3.C5H12.C2H6/c1-4-9(14)5-6-10(15)12-11(2,3)7-8-13;1-4-5(2)3;1-2/h5-6,13H,4,7-8H2,1-3H3,(H,12,15);5H,4H2,1-3H3;1-2H3/b6-5-;;. The summed E-state index contributed by atoms with van der Waals surface area (Å²) < 4.78 is 0. The Kier molecular flexibility index (Phi) is 19.0. The molecule has 132 valence electrons. The first kappa shape index (κ1) is 25.8. The van der Waals surface area contributed by atoms with Crippen LogP contribution in [0.5, 0.6) is 0 Å². The summed E-state index contributed by atoms with van der Waals surface area (Å²) in [6.07, 6.45) is 4.67. The molecule has 0 aromatic heterocycles. The van der Waals surface area contributed by atoms with Crippen molar-refractivity contribution in [1.82, 2.24) is 5.32 Å². The second kappa shape index (κ2) is 16.2. The molecule has 4 nitrogen and oxygen atoms in total. The Labute approximate surface area is 137 Å². The van der Waals surface area contributed by atoms with E-state index in [2.05, 4.69) is 26.1 Å². The molecule has 0 bridgehead atoms. The van der Waals surface area contributed by atoms with Crippen LogP contribution in [0.25, 0.3) is 0 Å². The number of aliphatic hydroxyl groups is 1. The third-order valence-corrected chi connectivity index (χ3v) is 2.78. The molecule has 4 heteroatoms. The lowest BCUT2D eigenvalue weighted by molar-refractivity contribution is -0.119. The minimum absolute atomic E-state index is 0.0187. The predicted octanol–water partition coefficient (Wildman–Crippen LogP) is 3.88. The molecular weight excluding hydrogens is 278 g/mol. The second-order valence-corrected chi connectivity index (χ2v) is 5.80. The average Bonchev–Trinajstić information content (AvgIpc) is 2.46. The van der Waals surface area contributed by atoms with E-state index in [0.717, 1.165) is 5.92 Å². The Morgan fingerprint density at radius 1 is 1.14 bits per heavy atom. The molecule has 0 heterocycles. The molecule has 1 amide bonds. The van der Waals surface area contributed by atoms with Crippen LogP contribution in [0.15, 0.2) is 12.2 Å². The highest BCUT2D eigenvalue weighted by molar-refractivity contribution is 5.97. The number of aliphatic hydroxyl groups excluding tert-OH is 1. The molecule has 0 aromatic carbocycles. The van der Waals surface area contributed by atoms with Crippen molar-refractivity contribution in [3.05, 3.63) is 12.2 Å². The summed E-state index contributed by atoms with van der Waals surface area (Å²) in [6.45, 7) is 16.0. The summed E-state index contributed by atoms with van der Waals surface area (Å²) in [7, 11) is 0. The number of hydrogen-bond donors (Lipinski definition) is 2. The van der Waals surface area contributed by atoms with Crippen molar-refractivity contribution < 1.29 is 14.7 Å². The van der Waals surface area contributed by atoms with Crippen LogP contribution in [-0.2, 0) is 9.59 Å². The fourth-order valence-corrected chi connectivity index (χ4v) is 1.00. The Bertz CT molecular complexity index is 307. The minimum atomic E-state index is -0.453. The van der Waals surface area contributed by atoms with Gasteiger partial charge in [-0.3, -0.25) is 9.59 Å². The molecule has 0 atom stereocenters. The number of carbonyl (C=O) groups excluding carboxylic acids is 2. The van der Waals surface area contributed by atoms with Crippen LogP contribution in [-0.4, -0.2) is 28.9 Å². The molecular formula is C18H37NO3. The molecule has 0 aliphatic carbocycles. The van der Waals surface area contributed by atoms with Gasteiger partial charge in [0.25, 0.3) is 0 Å². The third kappa shape index (κ3) is 21.1. The van der Waals surface area contributed by atoms with Crippen molar-refractivity contribution >= 4 is 11.7 Å². The molecule has 0 radical (unpaired) electrons. The van der Waals surface area contributed by atoms with Gasteiger partial charge in [-0.1, -0.05) is 48.0 Å². The first-order valence-corrected chi connectivity index (χ1v) is 8.32. The summed E-state index contributed by atoms with van der Waals surface area (Å²) >= 11 is 0. The number of hydrogen-bond acceptors (Lipinski definition) is 3. The van der Waals surface area contributed by atoms with Gasteiger partial charge < -0.3 is 10.4 Å². The molecule has 22 heavy (non-hydrogen) atoms. The van der Waals surface area contributed by atoms with Gasteiger partial charge in [0.15, 0.2) is 5.78 Å². The summed E-state index contributed by atoms with van der Waals surface area (Å²) in [6, 6.07) is 0. The van der Waals surface area contributed by atoms with Gasteiger partial charge in [0.2, 0.25) is 5.91 Å². The molecule has 0 spiro atoms. The quantitative estimate of drug-likeness (QED) is 0.701. The molecule has 0 fully saturated rings. The second-order valence-electron chi connectivity index (χ2n) is 5.80. The molecule has 0 unspecified atom stereocenters. The van der Waals surface area contributed by atoms with Gasteiger partial charge in [0.1, 0.15) is 0 Å². The maximum Gasteiger partial charge on any atom is 0.244 e. The summed E-state index contributed by atoms with van der Waals surface area (Å²) in [5.41, 5.74) is -0.453. The third-order valence-electron chi connectivity index (χ3n) is 2.78. The van der Waals surface area contributed by atoms with Crippen LogP contribution >= 0.6 is 0 Å². The van der Waals surface area contributed by atoms with Crippen molar-refractivity contribution in [1.29, 1.82) is 0 Å². The van der Waals surface area contributed by atoms with Crippen molar-refractivity contribution in [2.45, 2.75) is 80.2 Å². The highest BCUT2D eigenvalue weighted by atomic mass is 16.3. The van der Waals surface area contributed by atoms with E-state index in [-0.39, 0.29) is 18.3 Å². The molecule has 2 N–H and O–H groups in total. The van der Waals surface area contributed by atoms with E-state index in [1.54, 1.807) is 6.92 Å². The van der Waals surface area contributed by atoms with E-state index < -0.39 is 5.54 Å². The maximum atomic E-state index is 11.3. The zero-order valence-corrected chi connectivity index (χ0v) is 15.8. The van der Waals surface area contributed by atoms with Gasteiger partial charge in [-0.05, 0) is 32.3 Å². The van der Waals surface area contributed by atoms with E-state index in [1.165, 1.54) is 18.6 Å². The topological polar surface area (TPSA) is 66.4 Å². The average molecular weight is 315 g/mol. The highest BCUT2D eigenvalue weighted by Gasteiger charge is 2.18. The van der Waals surface area contributed by atoms with E-state index in [9.17, 15) is 9.59 Å². The van der Waals surface area contributed by atoms with Gasteiger partial charge in [-0.2, -0.15) is 0 Å².